The molecule has 36 heavy (non-hydrogen) atoms. The number of nitrogens with zero attached hydrogens (tertiary/aromatic N) is 2. The van der Waals surface area contributed by atoms with E-state index in [9.17, 15) is 9.59 Å². The van der Waals surface area contributed by atoms with Crippen molar-refractivity contribution < 1.29 is 9.53 Å². The zero-order chi connectivity index (χ0) is 25.3. The molecule has 0 saturated heterocycles. The SMILES string of the molecule is C[C@@H](Cc1ccccc1)NC(=O)CSc1nc2sc3c(c2c(=O)n1-c1ccccc1)CC(C)(C)OC3. The number of ether oxygens (including phenoxy) is 1. The fraction of sp³-hybridized carbons (Fsp3) is 0.321. The van der Waals surface area contributed by atoms with Crippen molar-refractivity contribution in [3.05, 3.63) is 87.0 Å². The molecule has 8 heteroatoms. The van der Waals surface area contributed by atoms with E-state index >= 15 is 0 Å². The Morgan fingerprint density at radius 1 is 1.17 bits per heavy atom. The van der Waals surface area contributed by atoms with Crippen LogP contribution in [0.5, 0.6) is 0 Å². The number of nitrogens with one attached hydrogen (secondary N) is 1. The van der Waals surface area contributed by atoms with Gasteiger partial charge in [0.15, 0.2) is 5.16 Å². The number of benzene rings is 2. The van der Waals surface area contributed by atoms with Gasteiger partial charge in [0.25, 0.3) is 5.56 Å². The third kappa shape index (κ3) is 5.26. The summed E-state index contributed by atoms with van der Waals surface area (Å²) in [5.74, 6) is 0.0866. The number of hydrogen-bond acceptors (Lipinski definition) is 6. The Balaban J connectivity index is 1.43. The van der Waals surface area contributed by atoms with Crippen LogP contribution in [0.1, 0.15) is 36.8 Å². The van der Waals surface area contributed by atoms with Crippen LogP contribution in [-0.4, -0.2) is 32.9 Å². The normalized spacial score (nSPS) is 15.4. The van der Waals surface area contributed by atoms with Gasteiger partial charge in [0.1, 0.15) is 4.83 Å². The third-order valence-corrected chi connectivity index (χ3v) is 8.25. The summed E-state index contributed by atoms with van der Waals surface area (Å²) in [6.07, 6.45) is 1.43. The summed E-state index contributed by atoms with van der Waals surface area (Å²) in [4.78, 5) is 33.3. The first-order chi connectivity index (χ1) is 17.3. The first-order valence-electron chi connectivity index (χ1n) is 12.0. The zero-order valence-corrected chi connectivity index (χ0v) is 22.2. The van der Waals surface area contributed by atoms with Gasteiger partial charge in [-0.1, -0.05) is 60.3 Å². The Labute approximate surface area is 218 Å². The van der Waals surface area contributed by atoms with Gasteiger partial charge in [0.05, 0.1) is 29.0 Å². The summed E-state index contributed by atoms with van der Waals surface area (Å²) >= 11 is 2.80. The topological polar surface area (TPSA) is 73.2 Å². The van der Waals surface area contributed by atoms with Gasteiger partial charge in [-0.05, 0) is 50.5 Å². The van der Waals surface area contributed by atoms with Crippen molar-refractivity contribution >= 4 is 39.2 Å². The minimum absolute atomic E-state index is 0.000342. The second kappa shape index (κ2) is 10.2. The first-order valence-corrected chi connectivity index (χ1v) is 13.8. The number of thiophene rings is 1. The molecule has 1 amide bonds. The Morgan fingerprint density at radius 2 is 1.86 bits per heavy atom. The number of aromatic nitrogens is 2. The Kier molecular flexibility index (Phi) is 7.01. The number of carbonyl (C=O) groups is 1. The van der Waals surface area contributed by atoms with E-state index in [2.05, 4.69) is 17.4 Å². The molecule has 0 unspecified atom stereocenters. The lowest BCUT2D eigenvalue weighted by molar-refractivity contribution is -0.119. The summed E-state index contributed by atoms with van der Waals surface area (Å²) in [7, 11) is 0. The van der Waals surface area contributed by atoms with Gasteiger partial charge in [-0.15, -0.1) is 11.3 Å². The van der Waals surface area contributed by atoms with Gasteiger partial charge in [-0.25, -0.2) is 4.98 Å². The van der Waals surface area contributed by atoms with E-state index in [1.165, 1.54) is 28.7 Å². The molecule has 4 aromatic rings. The first kappa shape index (κ1) is 24.7. The lowest BCUT2D eigenvalue weighted by Gasteiger charge is -2.29. The maximum absolute atomic E-state index is 13.9. The molecule has 1 aliphatic rings. The highest BCUT2D eigenvalue weighted by atomic mass is 32.2. The monoisotopic (exact) mass is 519 g/mol. The molecule has 0 aliphatic carbocycles. The maximum atomic E-state index is 13.9. The van der Waals surface area contributed by atoms with E-state index < -0.39 is 0 Å². The number of hydrogen-bond donors (Lipinski definition) is 1. The lowest BCUT2D eigenvalue weighted by atomic mass is 9.94. The summed E-state index contributed by atoms with van der Waals surface area (Å²) in [6, 6.07) is 19.6. The Morgan fingerprint density at radius 3 is 2.58 bits per heavy atom. The van der Waals surface area contributed by atoms with Gasteiger partial charge in [-0.2, -0.15) is 0 Å². The van der Waals surface area contributed by atoms with Crippen molar-refractivity contribution in [1.29, 1.82) is 0 Å². The van der Waals surface area contributed by atoms with Crippen LogP contribution < -0.4 is 10.9 Å². The minimum atomic E-state index is -0.326. The second-order valence-corrected chi connectivity index (χ2v) is 11.8. The van der Waals surface area contributed by atoms with E-state index in [1.807, 2.05) is 69.3 Å². The molecule has 0 spiro atoms. The van der Waals surface area contributed by atoms with Crippen LogP contribution in [0.2, 0.25) is 0 Å². The molecule has 0 fully saturated rings. The average Bonchev–Trinajstić information content (AvgIpc) is 3.20. The molecule has 2 aromatic heterocycles. The lowest BCUT2D eigenvalue weighted by Crippen LogP contribution is -2.35. The summed E-state index contributed by atoms with van der Waals surface area (Å²) in [6.45, 7) is 6.58. The maximum Gasteiger partial charge on any atom is 0.267 e. The van der Waals surface area contributed by atoms with E-state index in [4.69, 9.17) is 9.72 Å². The van der Waals surface area contributed by atoms with Crippen molar-refractivity contribution in [3.8, 4) is 5.69 Å². The highest BCUT2D eigenvalue weighted by Crippen LogP contribution is 2.37. The molecule has 1 aliphatic heterocycles. The van der Waals surface area contributed by atoms with E-state index in [0.717, 1.165) is 22.5 Å². The third-order valence-electron chi connectivity index (χ3n) is 6.21. The van der Waals surface area contributed by atoms with Crippen molar-refractivity contribution in [2.24, 2.45) is 0 Å². The van der Waals surface area contributed by atoms with Crippen LogP contribution in [0.4, 0.5) is 0 Å². The smallest absolute Gasteiger partial charge is 0.267 e. The molecule has 1 N–H and O–H groups in total. The molecule has 1 atom stereocenters. The highest BCUT2D eigenvalue weighted by Gasteiger charge is 2.31. The molecule has 0 saturated carbocycles. The number of amides is 1. The second-order valence-electron chi connectivity index (χ2n) is 9.73. The molecular formula is C28H29N3O3S2. The number of thioether (sulfide) groups is 1. The molecular weight excluding hydrogens is 490 g/mol. The van der Waals surface area contributed by atoms with Crippen molar-refractivity contribution in [2.45, 2.75) is 57.0 Å². The van der Waals surface area contributed by atoms with Gasteiger partial charge in [0.2, 0.25) is 5.91 Å². The van der Waals surface area contributed by atoms with Crippen LogP contribution in [0.3, 0.4) is 0 Å². The Hall–Kier alpha value is -2.94. The van der Waals surface area contributed by atoms with E-state index in [1.54, 1.807) is 4.57 Å². The fourth-order valence-corrected chi connectivity index (χ4v) is 6.51. The quantitative estimate of drug-likeness (QED) is 0.270. The van der Waals surface area contributed by atoms with Crippen molar-refractivity contribution in [3.63, 3.8) is 0 Å². The molecule has 6 nitrogen and oxygen atoms in total. The van der Waals surface area contributed by atoms with Crippen LogP contribution in [0.15, 0.2) is 70.6 Å². The van der Waals surface area contributed by atoms with Gasteiger partial charge in [-0.3, -0.25) is 14.2 Å². The summed E-state index contributed by atoms with van der Waals surface area (Å²) in [5.41, 5.74) is 2.53. The van der Waals surface area contributed by atoms with Crippen LogP contribution in [0, 0.1) is 0 Å². The molecule has 3 heterocycles. The number of carbonyl (C=O) groups excluding carboxylic acids is 1. The number of fused-ring (bicyclic) bond motifs is 3. The minimum Gasteiger partial charge on any atom is -0.370 e. The molecule has 2 aromatic carbocycles. The molecule has 0 radical (unpaired) electrons. The molecule has 5 rings (SSSR count). The van der Waals surface area contributed by atoms with Crippen LogP contribution in [-0.2, 0) is 29.0 Å². The number of para-hydroxylation sites is 1. The highest BCUT2D eigenvalue weighted by molar-refractivity contribution is 7.99. The predicted molar refractivity (Wildman–Crippen MR) is 146 cm³/mol. The van der Waals surface area contributed by atoms with Crippen molar-refractivity contribution in [1.82, 2.24) is 14.9 Å². The molecule has 186 valence electrons. The average molecular weight is 520 g/mol. The predicted octanol–water partition coefficient (Wildman–Crippen LogP) is 5.14. The van der Waals surface area contributed by atoms with E-state index in [-0.39, 0.29) is 28.9 Å². The van der Waals surface area contributed by atoms with Crippen LogP contribution in [0.25, 0.3) is 15.9 Å². The summed E-state index contributed by atoms with van der Waals surface area (Å²) in [5, 5.41) is 4.25. The largest absolute Gasteiger partial charge is 0.370 e. The van der Waals surface area contributed by atoms with Crippen LogP contribution >= 0.6 is 23.1 Å². The standard InChI is InChI=1S/C28H29N3O3S2/c1-18(14-19-10-6-4-7-11-19)29-23(32)17-35-27-30-25-24(21-15-28(2,3)34-16-22(21)36-25)26(33)31(27)20-12-8-5-9-13-20/h4-13,18H,14-17H2,1-3H3,(H,29,32)/t18-/m0/s1. The van der Waals surface area contributed by atoms with Gasteiger partial charge < -0.3 is 10.1 Å². The Bertz CT molecular complexity index is 1450. The molecule has 0 bridgehead atoms. The van der Waals surface area contributed by atoms with Gasteiger partial charge in [0, 0.05) is 17.3 Å². The summed E-state index contributed by atoms with van der Waals surface area (Å²) < 4.78 is 7.62. The fourth-order valence-electron chi connectivity index (χ4n) is 4.54. The van der Waals surface area contributed by atoms with Crippen molar-refractivity contribution in [2.75, 3.05) is 5.75 Å². The van der Waals surface area contributed by atoms with Gasteiger partial charge >= 0.3 is 0 Å². The number of rotatable bonds is 7. The zero-order valence-electron chi connectivity index (χ0n) is 20.6. The van der Waals surface area contributed by atoms with E-state index in [0.29, 0.717) is 28.4 Å².